The highest BCUT2D eigenvalue weighted by Gasteiger charge is 2.32. The van der Waals surface area contributed by atoms with Crippen LogP contribution in [0.15, 0.2) is 48.9 Å². The molecule has 10 nitrogen and oxygen atoms in total. The second-order valence-electron chi connectivity index (χ2n) is 9.43. The van der Waals surface area contributed by atoms with Gasteiger partial charge in [-0.2, -0.15) is 5.26 Å². The van der Waals surface area contributed by atoms with E-state index in [2.05, 4.69) is 26.3 Å². The van der Waals surface area contributed by atoms with Crippen molar-refractivity contribution in [2.24, 2.45) is 0 Å². The van der Waals surface area contributed by atoms with Crippen molar-refractivity contribution in [3.63, 3.8) is 0 Å². The summed E-state index contributed by atoms with van der Waals surface area (Å²) in [4.78, 5) is 27.6. The molecule has 186 valence electrons. The van der Waals surface area contributed by atoms with Crippen molar-refractivity contribution < 1.29 is 19.4 Å². The third-order valence-corrected chi connectivity index (χ3v) is 5.45. The van der Waals surface area contributed by atoms with Crippen molar-refractivity contribution in [2.45, 2.75) is 45.3 Å². The van der Waals surface area contributed by atoms with Gasteiger partial charge < -0.3 is 24.8 Å². The Morgan fingerprint density at radius 3 is 2.86 bits per heavy atom. The molecule has 36 heavy (non-hydrogen) atoms. The van der Waals surface area contributed by atoms with Crippen LogP contribution in [0, 0.1) is 11.3 Å². The maximum absolute atomic E-state index is 12.6. The van der Waals surface area contributed by atoms with Crippen LogP contribution in [0.25, 0.3) is 11.3 Å². The van der Waals surface area contributed by atoms with Crippen molar-refractivity contribution in [3.8, 4) is 34.7 Å². The largest absolute Gasteiger partial charge is 0.508 e. The Balaban J connectivity index is 1.58. The predicted molar refractivity (Wildman–Crippen MR) is 133 cm³/mol. The fourth-order valence-corrected chi connectivity index (χ4v) is 3.83. The van der Waals surface area contributed by atoms with Crippen LogP contribution in [0.3, 0.4) is 0 Å². The van der Waals surface area contributed by atoms with Gasteiger partial charge in [0.1, 0.15) is 23.2 Å². The number of nitriles is 1. The smallest absolute Gasteiger partial charge is 0.410 e. The molecular formula is C26H28N6O4. The Labute approximate surface area is 209 Å². The highest BCUT2D eigenvalue weighted by atomic mass is 16.6. The number of nitrogens with zero attached hydrogens (tertiary/aromatic N) is 5. The number of pyridine rings is 1. The molecule has 0 radical (unpaired) electrons. The van der Waals surface area contributed by atoms with E-state index in [0.717, 1.165) is 12.8 Å². The number of phenolic OH excluding ortho intramolecular Hbond substituents is 1. The number of anilines is 1. The second-order valence-corrected chi connectivity index (χ2v) is 9.43. The maximum atomic E-state index is 12.6. The van der Waals surface area contributed by atoms with Crippen molar-refractivity contribution >= 4 is 11.9 Å². The van der Waals surface area contributed by atoms with Crippen molar-refractivity contribution in [3.05, 3.63) is 54.5 Å². The highest BCUT2D eigenvalue weighted by molar-refractivity contribution is 5.69. The Bertz CT molecular complexity index is 1280. The molecular weight excluding hydrogens is 460 g/mol. The number of rotatable bonds is 6. The van der Waals surface area contributed by atoms with E-state index in [1.807, 2.05) is 20.8 Å². The zero-order valence-electron chi connectivity index (χ0n) is 20.4. The first-order valence-electron chi connectivity index (χ1n) is 11.6. The summed E-state index contributed by atoms with van der Waals surface area (Å²) in [6, 6.07) is 10.0. The molecule has 1 atom stereocenters. The molecule has 1 amide bonds. The van der Waals surface area contributed by atoms with Crippen LogP contribution in [-0.4, -0.2) is 55.8 Å². The number of amides is 1. The number of hydrogen-bond donors (Lipinski definition) is 2. The molecule has 0 bridgehead atoms. The Kier molecular flexibility index (Phi) is 7.20. The first kappa shape index (κ1) is 24.7. The van der Waals surface area contributed by atoms with E-state index < -0.39 is 5.60 Å². The number of ether oxygens (including phenoxy) is 2. The molecule has 1 fully saturated rings. The van der Waals surface area contributed by atoms with Gasteiger partial charge in [0.2, 0.25) is 0 Å². The van der Waals surface area contributed by atoms with Crippen molar-refractivity contribution in [2.75, 3.05) is 18.4 Å². The SMILES string of the molecule is CC(C)(C)OC(=O)N1CCC[C@H]1CNc1ncc(-c2cncc(C#N)c2)nc1Oc1cccc(O)c1. The molecule has 1 aromatic carbocycles. The van der Waals surface area contributed by atoms with Crippen LogP contribution in [0.5, 0.6) is 17.4 Å². The molecule has 1 saturated heterocycles. The Hall–Kier alpha value is -4.39. The second kappa shape index (κ2) is 10.5. The lowest BCUT2D eigenvalue weighted by atomic mass is 10.1. The van der Waals surface area contributed by atoms with Gasteiger partial charge in [0, 0.05) is 37.1 Å². The van der Waals surface area contributed by atoms with E-state index in [4.69, 9.17) is 9.47 Å². The minimum absolute atomic E-state index is 0.0519. The maximum Gasteiger partial charge on any atom is 0.410 e. The molecule has 1 aliphatic heterocycles. The van der Waals surface area contributed by atoms with E-state index in [1.165, 1.54) is 12.3 Å². The summed E-state index contributed by atoms with van der Waals surface area (Å²) in [7, 11) is 0. The summed E-state index contributed by atoms with van der Waals surface area (Å²) in [5, 5.41) is 22.3. The van der Waals surface area contributed by atoms with Crippen LogP contribution in [0.4, 0.5) is 10.6 Å². The average Bonchev–Trinajstić information content (AvgIpc) is 3.31. The normalized spacial score (nSPS) is 15.3. The number of benzene rings is 1. The van der Waals surface area contributed by atoms with E-state index in [9.17, 15) is 15.2 Å². The summed E-state index contributed by atoms with van der Waals surface area (Å²) in [6.45, 7) is 6.59. The zero-order chi connectivity index (χ0) is 25.7. The minimum Gasteiger partial charge on any atom is -0.508 e. The fraction of sp³-hybridized carbons (Fsp3) is 0.346. The van der Waals surface area contributed by atoms with Gasteiger partial charge in [0.05, 0.1) is 23.5 Å². The van der Waals surface area contributed by atoms with Crippen LogP contribution < -0.4 is 10.1 Å². The predicted octanol–water partition coefficient (Wildman–Crippen LogP) is 4.72. The van der Waals surface area contributed by atoms with Crippen LogP contribution in [-0.2, 0) is 4.74 Å². The zero-order valence-corrected chi connectivity index (χ0v) is 20.4. The number of aromatic nitrogens is 3. The molecule has 0 aliphatic carbocycles. The summed E-state index contributed by atoms with van der Waals surface area (Å²) in [6.07, 6.45) is 5.99. The first-order chi connectivity index (χ1) is 17.2. The molecule has 0 spiro atoms. The number of aromatic hydroxyl groups is 1. The van der Waals surface area contributed by atoms with E-state index in [0.29, 0.717) is 41.5 Å². The van der Waals surface area contributed by atoms with Gasteiger partial charge in [-0.05, 0) is 51.8 Å². The van der Waals surface area contributed by atoms with Crippen LogP contribution in [0.2, 0.25) is 0 Å². The van der Waals surface area contributed by atoms with Gasteiger partial charge in [-0.1, -0.05) is 6.07 Å². The molecule has 0 unspecified atom stereocenters. The van der Waals surface area contributed by atoms with Crippen molar-refractivity contribution in [1.29, 1.82) is 5.26 Å². The topological polar surface area (TPSA) is 133 Å². The number of phenols is 1. The Morgan fingerprint density at radius 1 is 1.28 bits per heavy atom. The average molecular weight is 489 g/mol. The van der Waals surface area contributed by atoms with Gasteiger partial charge >= 0.3 is 6.09 Å². The van der Waals surface area contributed by atoms with E-state index in [-0.39, 0.29) is 23.8 Å². The summed E-state index contributed by atoms with van der Waals surface area (Å²) in [5.74, 6) is 0.991. The fourth-order valence-electron chi connectivity index (χ4n) is 3.83. The monoisotopic (exact) mass is 488 g/mol. The quantitative estimate of drug-likeness (QED) is 0.505. The third-order valence-electron chi connectivity index (χ3n) is 5.45. The highest BCUT2D eigenvalue weighted by Crippen LogP contribution is 2.31. The Morgan fingerprint density at radius 2 is 2.11 bits per heavy atom. The summed E-state index contributed by atoms with van der Waals surface area (Å²) in [5.41, 5.74) is 0.909. The van der Waals surface area contributed by atoms with Crippen molar-refractivity contribution in [1.82, 2.24) is 19.9 Å². The summed E-state index contributed by atoms with van der Waals surface area (Å²) >= 11 is 0. The van der Waals surface area contributed by atoms with Crippen LogP contribution >= 0.6 is 0 Å². The molecule has 2 aromatic heterocycles. The van der Waals surface area contributed by atoms with Gasteiger partial charge in [-0.3, -0.25) is 4.98 Å². The third kappa shape index (κ3) is 6.18. The first-order valence-corrected chi connectivity index (χ1v) is 11.6. The van der Waals surface area contributed by atoms with E-state index >= 15 is 0 Å². The molecule has 0 saturated carbocycles. The molecule has 3 aromatic rings. The number of carbonyl (C=O) groups excluding carboxylic acids is 1. The van der Waals surface area contributed by atoms with Gasteiger partial charge in [-0.15, -0.1) is 0 Å². The standard InChI is InChI=1S/C26H28N6O4/c1-26(2,3)36-25(34)32-9-5-6-19(32)15-29-23-24(35-21-8-4-7-20(33)11-21)31-22(16-30-23)18-10-17(12-27)13-28-14-18/h4,7-8,10-11,13-14,16,19,33H,5-6,9,15H2,1-3H3,(H,29,30)/t19-/m0/s1. The lowest BCUT2D eigenvalue weighted by Gasteiger charge is -2.28. The molecule has 4 rings (SSSR count). The molecule has 10 heteroatoms. The number of nitrogens with one attached hydrogen (secondary N) is 1. The van der Waals surface area contributed by atoms with E-state index in [1.54, 1.807) is 41.6 Å². The number of hydrogen-bond acceptors (Lipinski definition) is 9. The molecule has 2 N–H and O–H groups in total. The lowest BCUT2D eigenvalue weighted by Crippen LogP contribution is -2.42. The number of likely N-dealkylation sites (tertiary alicyclic amines) is 1. The minimum atomic E-state index is -0.571. The molecule has 3 heterocycles. The van der Waals surface area contributed by atoms with Gasteiger partial charge in [0.25, 0.3) is 5.88 Å². The lowest BCUT2D eigenvalue weighted by molar-refractivity contribution is 0.0235. The summed E-state index contributed by atoms with van der Waals surface area (Å²) < 4.78 is 11.5. The number of carbonyl (C=O) groups is 1. The molecule has 1 aliphatic rings. The van der Waals surface area contributed by atoms with Gasteiger partial charge in [0.15, 0.2) is 5.82 Å². The van der Waals surface area contributed by atoms with Gasteiger partial charge in [-0.25, -0.2) is 14.8 Å². The van der Waals surface area contributed by atoms with Crippen LogP contribution in [0.1, 0.15) is 39.2 Å².